The number of hydrogen-bond donors (Lipinski definition) is 2. The van der Waals surface area contributed by atoms with E-state index in [4.69, 9.17) is 0 Å². The fraction of sp³-hybridized carbons (Fsp3) is 0.909. The maximum absolute atomic E-state index is 11.5. The van der Waals surface area contributed by atoms with Gasteiger partial charge in [-0.05, 0) is 31.9 Å². The molecule has 0 spiro atoms. The van der Waals surface area contributed by atoms with Crippen molar-refractivity contribution in [3.8, 4) is 0 Å². The highest BCUT2D eigenvalue weighted by Crippen LogP contribution is 2.39. The Labute approximate surface area is 95.8 Å². The number of hydrogen-bond acceptors (Lipinski definition) is 2. The third-order valence-corrected chi connectivity index (χ3v) is 4.85. The van der Waals surface area contributed by atoms with E-state index in [9.17, 15) is 4.79 Å². The van der Waals surface area contributed by atoms with Crippen LogP contribution < -0.4 is 10.6 Å². The lowest BCUT2D eigenvalue weighted by atomic mass is 10.1. The standard InChI is InChI=1S/C11H20N2OS/c1-15-11(6-2-3-7-11)8-12-10(14)13-9-4-5-9/h9H,2-8H2,1H3,(H2,12,13,14). The van der Waals surface area contributed by atoms with Gasteiger partial charge >= 0.3 is 6.03 Å². The second kappa shape index (κ2) is 4.64. The molecule has 0 unspecified atom stereocenters. The van der Waals surface area contributed by atoms with E-state index < -0.39 is 0 Å². The third kappa shape index (κ3) is 3.03. The molecule has 0 heterocycles. The van der Waals surface area contributed by atoms with Crippen molar-refractivity contribution in [3.63, 3.8) is 0 Å². The molecule has 0 aromatic rings. The van der Waals surface area contributed by atoms with Crippen LogP contribution in [0, 0.1) is 0 Å². The van der Waals surface area contributed by atoms with Gasteiger partial charge in [0.1, 0.15) is 0 Å². The fourth-order valence-corrected chi connectivity index (χ4v) is 3.09. The first-order chi connectivity index (χ1) is 7.24. The van der Waals surface area contributed by atoms with Crippen LogP contribution in [0.1, 0.15) is 38.5 Å². The largest absolute Gasteiger partial charge is 0.337 e. The van der Waals surface area contributed by atoms with Crippen LogP contribution in [-0.2, 0) is 0 Å². The molecule has 2 N–H and O–H groups in total. The van der Waals surface area contributed by atoms with Gasteiger partial charge in [-0.3, -0.25) is 0 Å². The van der Waals surface area contributed by atoms with Crippen molar-refractivity contribution >= 4 is 17.8 Å². The van der Waals surface area contributed by atoms with E-state index in [0.717, 1.165) is 19.4 Å². The predicted octanol–water partition coefficient (Wildman–Crippen LogP) is 2.12. The van der Waals surface area contributed by atoms with Crippen LogP contribution in [0.5, 0.6) is 0 Å². The molecule has 2 fully saturated rings. The molecule has 0 atom stereocenters. The van der Waals surface area contributed by atoms with Gasteiger partial charge in [0.05, 0.1) is 0 Å². The number of nitrogens with one attached hydrogen (secondary N) is 2. The molecule has 2 amide bonds. The molecule has 0 saturated heterocycles. The first-order valence-electron chi connectivity index (χ1n) is 5.84. The summed E-state index contributed by atoms with van der Waals surface area (Å²) in [5.41, 5.74) is 0. The van der Waals surface area contributed by atoms with E-state index >= 15 is 0 Å². The fourth-order valence-electron chi connectivity index (χ4n) is 2.18. The highest BCUT2D eigenvalue weighted by atomic mass is 32.2. The first-order valence-corrected chi connectivity index (χ1v) is 7.06. The summed E-state index contributed by atoms with van der Waals surface area (Å²) < 4.78 is 0.320. The molecule has 4 heteroatoms. The van der Waals surface area contributed by atoms with E-state index in [1.807, 2.05) is 11.8 Å². The van der Waals surface area contributed by atoms with Gasteiger partial charge in [0, 0.05) is 17.3 Å². The van der Waals surface area contributed by atoms with Crippen LogP contribution in [0.3, 0.4) is 0 Å². The van der Waals surface area contributed by atoms with Crippen molar-refractivity contribution in [1.29, 1.82) is 0 Å². The molecule has 2 saturated carbocycles. The smallest absolute Gasteiger partial charge is 0.315 e. The first kappa shape index (κ1) is 11.1. The summed E-state index contributed by atoms with van der Waals surface area (Å²) in [5, 5.41) is 5.98. The number of carbonyl (C=O) groups is 1. The van der Waals surface area contributed by atoms with Gasteiger partial charge in [-0.1, -0.05) is 12.8 Å². The summed E-state index contributed by atoms with van der Waals surface area (Å²) in [7, 11) is 0. The van der Waals surface area contributed by atoms with Gasteiger partial charge in [-0.15, -0.1) is 0 Å². The minimum absolute atomic E-state index is 0.0258. The number of carbonyl (C=O) groups excluding carboxylic acids is 1. The monoisotopic (exact) mass is 228 g/mol. The Morgan fingerprint density at radius 3 is 2.60 bits per heavy atom. The number of amides is 2. The molecule has 86 valence electrons. The van der Waals surface area contributed by atoms with Gasteiger partial charge in [-0.25, -0.2) is 4.79 Å². The molecular weight excluding hydrogens is 208 g/mol. The predicted molar refractivity (Wildman–Crippen MR) is 64.3 cm³/mol. The second-order valence-electron chi connectivity index (χ2n) is 4.70. The van der Waals surface area contributed by atoms with E-state index in [1.165, 1.54) is 25.7 Å². The van der Waals surface area contributed by atoms with Gasteiger partial charge in [0.15, 0.2) is 0 Å². The van der Waals surface area contributed by atoms with E-state index in [0.29, 0.717) is 10.8 Å². The van der Waals surface area contributed by atoms with E-state index in [1.54, 1.807) is 0 Å². The molecule has 2 rings (SSSR count). The highest BCUT2D eigenvalue weighted by molar-refractivity contribution is 8.00. The van der Waals surface area contributed by atoms with Crippen molar-refractivity contribution in [2.45, 2.75) is 49.3 Å². The Kier molecular flexibility index (Phi) is 3.44. The van der Waals surface area contributed by atoms with Crippen molar-refractivity contribution in [2.75, 3.05) is 12.8 Å². The minimum Gasteiger partial charge on any atom is -0.337 e. The zero-order chi connectivity index (χ0) is 10.7. The summed E-state index contributed by atoms with van der Waals surface area (Å²) in [6.07, 6.45) is 9.59. The van der Waals surface area contributed by atoms with Crippen molar-refractivity contribution in [1.82, 2.24) is 10.6 Å². The average Bonchev–Trinajstić information content (AvgIpc) is 2.93. The average molecular weight is 228 g/mol. The molecule has 0 radical (unpaired) electrons. The number of rotatable bonds is 4. The topological polar surface area (TPSA) is 41.1 Å². The molecule has 0 aliphatic heterocycles. The van der Waals surface area contributed by atoms with Crippen LogP contribution in [-0.4, -0.2) is 29.6 Å². The van der Waals surface area contributed by atoms with Gasteiger partial charge < -0.3 is 10.6 Å². The quantitative estimate of drug-likeness (QED) is 0.774. The maximum atomic E-state index is 11.5. The zero-order valence-electron chi connectivity index (χ0n) is 9.34. The Morgan fingerprint density at radius 2 is 2.07 bits per heavy atom. The molecule has 2 aliphatic carbocycles. The molecule has 0 aromatic carbocycles. The molecule has 0 aromatic heterocycles. The number of thioether (sulfide) groups is 1. The molecule has 3 nitrogen and oxygen atoms in total. The Balaban J connectivity index is 1.72. The van der Waals surface area contributed by atoms with Crippen molar-refractivity contribution in [3.05, 3.63) is 0 Å². The number of urea groups is 1. The van der Waals surface area contributed by atoms with Gasteiger partial charge in [-0.2, -0.15) is 11.8 Å². The van der Waals surface area contributed by atoms with Crippen LogP contribution in [0.2, 0.25) is 0 Å². The van der Waals surface area contributed by atoms with Crippen LogP contribution in [0.15, 0.2) is 0 Å². The van der Waals surface area contributed by atoms with Crippen molar-refractivity contribution in [2.24, 2.45) is 0 Å². The second-order valence-corrected chi connectivity index (χ2v) is 5.97. The van der Waals surface area contributed by atoms with Crippen molar-refractivity contribution < 1.29 is 4.79 Å². The summed E-state index contributed by atoms with van der Waals surface area (Å²) in [5.74, 6) is 0. The lowest BCUT2D eigenvalue weighted by Gasteiger charge is -2.26. The van der Waals surface area contributed by atoms with E-state index in [2.05, 4.69) is 16.9 Å². The summed E-state index contributed by atoms with van der Waals surface area (Å²) >= 11 is 1.91. The zero-order valence-corrected chi connectivity index (χ0v) is 10.2. The Hall–Kier alpha value is -0.380. The maximum Gasteiger partial charge on any atom is 0.315 e. The summed E-state index contributed by atoms with van der Waals surface area (Å²) in [6, 6.07) is 0.483. The highest BCUT2D eigenvalue weighted by Gasteiger charge is 2.33. The lowest BCUT2D eigenvalue weighted by Crippen LogP contribution is -2.44. The van der Waals surface area contributed by atoms with Crippen LogP contribution in [0.4, 0.5) is 4.79 Å². The minimum atomic E-state index is 0.0258. The van der Waals surface area contributed by atoms with Crippen LogP contribution in [0.25, 0.3) is 0 Å². The Bertz CT molecular complexity index is 235. The Morgan fingerprint density at radius 1 is 1.40 bits per heavy atom. The molecule has 2 aliphatic rings. The van der Waals surface area contributed by atoms with E-state index in [-0.39, 0.29) is 6.03 Å². The molecular formula is C11H20N2OS. The van der Waals surface area contributed by atoms with Crippen LogP contribution >= 0.6 is 11.8 Å². The summed E-state index contributed by atoms with van der Waals surface area (Å²) in [6.45, 7) is 0.826. The summed E-state index contributed by atoms with van der Waals surface area (Å²) in [4.78, 5) is 11.5. The lowest BCUT2D eigenvalue weighted by molar-refractivity contribution is 0.239. The molecule has 0 bridgehead atoms. The normalized spacial score (nSPS) is 23.8. The molecule has 15 heavy (non-hydrogen) atoms. The SMILES string of the molecule is CSC1(CNC(=O)NC2CC2)CCCC1. The third-order valence-electron chi connectivity index (χ3n) is 3.43. The van der Waals surface area contributed by atoms with Gasteiger partial charge in [0.2, 0.25) is 0 Å². The van der Waals surface area contributed by atoms with Gasteiger partial charge in [0.25, 0.3) is 0 Å².